The number of nitrogens with one attached hydrogen (secondary N) is 1. The van der Waals surface area contributed by atoms with Gasteiger partial charge in [0.2, 0.25) is 0 Å². The number of fused-ring (bicyclic) bond motifs is 2. The number of aromatic nitrogens is 1. The van der Waals surface area contributed by atoms with Crippen LogP contribution in [0.15, 0.2) is 6.20 Å². The fourth-order valence-electron chi connectivity index (χ4n) is 3.18. The van der Waals surface area contributed by atoms with Gasteiger partial charge in [-0.2, -0.15) is 0 Å². The number of carbonyl (C=O) groups excluding carboxylic acids is 1. The number of rotatable bonds is 3. The molecule has 120 valence electrons. The van der Waals surface area contributed by atoms with Crippen molar-refractivity contribution >= 4 is 42.1 Å². The highest BCUT2D eigenvalue weighted by molar-refractivity contribution is 7.13. The number of carbonyl (C=O) groups is 1. The summed E-state index contributed by atoms with van der Waals surface area (Å²) in [6.07, 6.45) is 7.23. The summed E-state index contributed by atoms with van der Waals surface area (Å²) in [5.74, 6) is 0.205. The maximum atomic E-state index is 12.7. The van der Waals surface area contributed by atoms with E-state index in [0.717, 1.165) is 48.7 Å². The Morgan fingerprint density at radius 1 is 1.38 bits per heavy atom. The minimum Gasteiger partial charge on any atom is -0.331 e. The van der Waals surface area contributed by atoms with Crippen molar-refractivity contribution in [3.63, 3.8) is 0 Å². The Balaban J connectivity index is 0.00000110. The van der Waals surface area contributed by atoms with E-state index in [1.54, 1.807) is 17.5 Å². The molecule has 2 unspecified atom stereocenters. The summed E-state index contributed by atoms with van der Waals surface area (Å²) in [5.41, 5.74) is 0. The fourth-order valence-corrected chi connectivity index (χ4v) is 4.14. The summed E-state index contributed by atoms with van der Waals surface area (Å²) in [6, 6.07) is 0.820. The molecule has 2 atom stereocenters. The molecule has 1 amide bonds. The number of amides is 1. The van der Waals surface area contributed by atoms with E-state index in [1.165, 1.54) is 6.42 Å². The molecule has 0 saturated carbocycles. The van der Waals surface area contributed by atoms with Gasteiger partial charge in [0, 0.05) is 18.6 Å². The van der Waals surface area contributed by atoms with Gasteiger partial charge in [-0.05, 0) is 38.6 Å². The Morgan fingerprint density at radius 3 is 2.90 bits per heavy atom. The van der Waals surface area contributed by atoms with Crippen molar-refractivity contribution in [1.82, 2.24) is 15.2 Å². The van der Waals surface area contributed by atoms with Crippen LogP contribution in [0.25, 0.3) is 0 Å². The van der Waals surface area contributed by atoms with Crippen LogP contribution >= 0.6 is 36.2 Å². The molecule has 0 aliphatic carbocycles. The van der Waals surface area contributed by atoms with Gasteiger partial charge in [0.15, 0.2) is 0 Å². The molecule has 3 heterocycles. The molecule has 2 aliphatic rings. The van der Waals surface area contributed by atoms with Crippen LogP contribution < -0.4 is 5.32 Å². The Bertz CT molecular complexity index is 455. The lowest BCUT2D eigenvalue weighted by atomic mass is 10.1. The highest BCUT2D eigenvalue weighted by Gasteiger charge is 2.38. The highest BCUT2D eigenvalue weighted by atomic mass is 35.5. The van der Waals surface area contributed by atoms with E-state index >= 15 is 0 Å². The van der Waals surface area contributed by atoms with Gasteiger partial charge in [-0.15, -0.1) is 36.2 Å². The number of hydrogen-bond donors (Lipinski definition) is 1. The van der Waals surface area contributed by atoms with E-state index in [0.29, 0.717) is 12.1 Å². The van der Waals surface area contributed by atoms with Crippen LogP contribution in [0, 0.1) is 0 Å². The Labute approximate surface area is 142 Å². The summed E-state index contributed by atoms with van der Waals surface area (Å²) in [6.45, 7) is 4.13. The Hall–Kier alpha value is -0.360. The number of hydrogen-bond acceptors (Lipinski definition) is 4. The minimum absolute atomic E-state index is 0. The standard InChI is InChI=1S/C14H21N3OS.2ClH/c1-2-3-13-16-9-12(19-13)14(18)17-10-4-5-11(17)8-15-7-6-10;;/h9-11,15H,2-8H2,1H3;2*1H. The molecule has 1 aromatic rings. The van der Waals surface area contributed by atoms with Crippen molar-refractivity contribution in [3.8, 4) is 0 Å². The van der Waals surface area contributed by atoms with Crippen molar-refractivity contribution in [2.45, 2.75) is 51.1 Å². The molecule has 1 N–H and O–H groups in total. The largest absolute Gasteiger partial charge is 0.331 e. The molecule has 7 heteroatoms. The second-order valence-electron chi connectivity index (χ2n) is 5.46. The average molecular weight is 352 g/mol. The summed E-state index contributed by atoms with van der Waals surface area (Å²) >= 11 is 1.58. The van der Waals surface area contributed by atoms with E-state index in [1.807, 2.05) is 0 Å². The molecule has 1 aromatic heterocycles. The first-order valence-electron chi connectivity index (χ1n) is 7.27. The van der Waals surface area contributed by atoms with Crippen LogP contribution in [0.2, 0.25) is 0 Å². The normalized spacial score (nSPS) is 24.0. The Morgan fingerprint density at radius 2 is 2.14 bits per heavy atom. The molecule has 2 aliphatic heterocycles. The number of nitrogens with zero attached hydrogens (tertiary/aromatic N) is 2. The molecule has 0 aromatic carbocycles. The number of halogens is 2. The molecule has 0 radical (unpaired) electrons. The summed E-state index contributed by atoms with van der Waals surface area (Å²) in [7, 11) is 0. The van der Waals surface area contributed by atoms with Crippen LogP contribution in [0.5, 0.6) is 0 Å². The van der Waals surface area contributed by atoms with Crippen LogP contribution in [0.4, 0.5) is 0 Å². The van der Waals surface area contributed by atoms with Gasteiger partial charge in [-0.3, -0.25) is 4.79 Å². The second-order valence-corrected chi connectivity index (χ2v) is 6.57. The molecule has 2 saturated heterocycles. The molecule has 2 bridgehead atoms. The Kier molecular flexibility index (Phi) is 7.40. The lowest BCUT2D eigenvalue weighted by Crippen LogP contribution is -2.42. The van der Waals surface area contributed by atoms with E-state index in [-0.39, 0.29) is 30.7 Å². The van der Waals surface area contributed by atoms with Crippen molar-refractivity contribution in [2.75, 3.05) is 13.1 Å². The lowest BCUT2D eigenvalue weighted by molar-refractivity contribution is 0.0685. The SMILES string of the molecule is CCCc1ncc(C(=O)N2C3CCNCC2CC3)s1.Cl.Cl. The van der Waals surface area contributed by atoms with Gasteiger partial charge in [0.25, 0.3) is 5.91 Å². The van der Waals surface area contributed by atoms with Crippen molar-refractivity contribution in [3.05, 3.63) is 16.1 Å². The smallest absolute Gasteiger partial charge is 0.266 e. The quantitative estimate of drug-likeness (QED) is 0.910. The highest BCUT2D eigenvalue weighted by Crippen LogP contribution is 2.30. The van der Waals surface area contributed by atoms with Crippen molar-refractivity contribution in [2.24, 2.45) is 0 Å². The van der Waals surface area contributed by atoms with E-state index in [2.05, 4.69) is 22.1 Å². The van der Waals surface area contributed by atoms with Gasteiger partial charge < -0.3 is 10.2 Å². The third-order valence-corrected chi connectivity index (χ3v) is 5.16. The molecular formula is C14H23Cl2N3OS. The monoisotopic (exact) mass is 351 g/mol. The fraction of sp³-hybridized carbons (Fsp3) is 0.714. The second kappa shape index (κ2) is 8.32. The predicted molar refractivity (Wildman–Crippen MR) is 91.1 cm³/mol. The van der Waals surface area contributed by atoms with Gasteiger partial charge in [0.05, 0.1) is 11.2 Å². The maximum absolute atomic E-state index is 12.7. The molecule has 4 nitrogen and oxygen atoms in total. The number of thiazole rings is 1. The topological polar surface area (TPSA) is 45.2 Å². The van der Waals surface area contributed by atoms with E-state index < -0.39 is 0 Å². The van der Waals surface area contributed by atoms with Crippen LogP contribution in [-0.2, 0) is 6.42 Å². The molecule has 21 heavy (non-hydrogen) atoms. The first-order valence-corrected chi connectivity index (χ1v) is 8.09. The van der Waals surface area contributed by atoms with Crippen molar-refractivity contribution < 1.29 is 4.79 Å². The molecule has 2 fully saturated rings. The third-order valence-electron chi connectivity index (χ3n) is 4.12. The molecule has 0 spiro atoms. The zero-order valence-corrected chi connectivity index (χ0v) is 14.7. The van der Waals surface area contributed by atoms with Gasteiger partial charge >= 0.3 is 0 Å². The third kappa shape index (κ3) is 3.89. The van der Waals surface area contributed by atoms with Crippen molar-refractivity contribution in [1.29, 1.82) is 0 Å². The molecular weight excluding hydrogens is 329 g/mol. The summed E-state index contributed by atoms with van der Waals surface area (Å²) < 4.78 is 0. The van der Waals surface area contributed by atoms with E-state index in [9.17, 15) is 4.79 Å². The predicted octanol–water partition coefficient (Wildman–Crippen LogP) is 2.91. The summed E-state index contributed by atoms with van der Waals surface area (Å²) in [4.78, 5) is 20.0. The average Bonchev–Trinajstić information content (AvgIpc) is 2.93. The summed E-state index contributed by atoms with van der Waals surface area (Å²) in [5, 5.41) is 4.52. The van der Waals surface area contributed by atoms with Gasteiger partial charge in [-0.25, -0.2) is 4.98 Å². The van der Waals surface area contributed by atoms with Gasteiger partial charge in [-0.1, -0.05) is 6.92 Å². The van der Waals surface area contributed by atoms with Crippen LogP contribution in [0.3, 0.4) is 0 Å². The van der Waals surface area contributed by atoms with Crippen LogP contribution in [0.1, 0.15) is 47.3 Å². The van der Waals surface area contributed by atoms with E-state index in [4.69, 9.17) is 0 Å². The first-order chi connectivity index (χ1) is 9.29. The number of aryl methyl sites for hydroxylation is 1. The lowest BCUT2D eigenvalue weighted by Gasteiger charge is -2.27. The first kappa shape index (κ1) is 18.7. The molecule has 3 rings (SSSR count). The zero-order chi connectivity index (χ0) is 13.2. The zero-order valence-electron chi connectivity index (χ0n) is 12.2. The van der Waals surface area contributed by atoms with Gasteiger partial charge in [0.1, 0.15) is 4.88 Å². The minimum atomic E-state index is 0. The van der Waals surface area contributed by atoms with Crippen LogP contribution in [-0.4, -0.2) is 41.0 Å². The maximum Gasteiger partial charge on any atom is 0.266 e.